The molecular formula is C17H18N8O2. The highest BCUT2D eigenvalue weighted by molar-refractivity contribution is 5.87. The number of nitrogens with one attached hydrogen (secondary N) is 1. The van der Waals surface area contributed by atoms with Crippen LogP contribution in [0, 0.1) is 0 Å². The zero-order chi connectivity index (χ0) is 18.8. The molecule has 27 heavy (non-hydrogen) atoms. The lowest BCUT2D eigenvalue weighted by atomic mass is 10.1. The molecule has 3 aromatic rings. The molecule has 0 bridgehead atoms. The molecule has 3 heterocycles. The first-order valence-electron chi connectivity index (χ1n) is 8.49. The monoisotopic (exact) mass is 366 g/mol. The Labute approximate surface area is 154 Å². The number of rotatable bonds is 5. The van der Waals surface area contributed by atoms with Gasteiger partial charge >= 0.3 is 6.01 Å². The Balaban J connectivity index is 1.63. The van der Waals surface area contributed by atoms with Crippen molar-refractivity contribution in [3.63, 3.8) is 0 Å². The van der Waals surface area contributed by atoms with Crippen LogP contribution in [0.25, 0.3) is 12.0 Å². The summed E-state index contributed by atoms with van der Waals surface area (Å²) in [6.45, 7) is 1.63. The topological polar surface area (TPSA) is 113 Å². The summed E-state index contributed by atoms with van der Waals surface area (Å²) in [5.41, 5.74) is 2.52. The van der Waals surface area contributed by atoms with Crippen LogP contribution in [0.4, 0.5) is 5.82 Å². The van der Waals surface area contributed by atoms with E-state index >= 15 is 0 Å². The molecule has 0 radical (unpaired) electrons. The molecule has 1 amide bonds. The third-order valence-electron chi connectivity index (χ3n) is 4.05. The largest absolute Gasteiger partial charge is 0.458 e. The molecule has 1 N–H and O–H groups in total. The Morgan fingerprint density at radius 3 is 3.00 bits per heavy atom. The highest BCUT2D eigenvalue weighted by atomic mass is 16.5. The number of carbonyl (C=O) groups excluding carboxylic acids is 1. The molecule has 138 valence electrons. The van der Waals surface area contributed by atoms with Crippen LogP contribution >= 0.6 is 0 Å². The third-order valence-corrected chi connectivity index (χ3v) is 4.05. The van der Waals surface area contributed by atoms with E-state index in [-0.39, 0.29) is 12.5 Å². The first-order chi connectivity index (χ1) is 13.1. The van der Waals surface area contributed by atoms with Gasteiger partial charge in [0.15, 0.2) is 0 Å². The Bertz CT molecular complexity index is 1020. The number of nitrogens with zero attached hydrogens (tertiary/aromatic N) is 7. The molecule has 0 saturated heterocycles. The third kappa shape index (κ3) is 3.41. The average molecular weight is 366 g/mol. The van der Waals surface area contributed by atoms with Crippen LogP contribution in [0.2, 0.25) is 0 Å². The SMILES string of the molecule is CC(=O)Nc1cccc(COc2nc3c(n2-c2nnnn2C)CCC=C3)n1. The highest BCUT2D eigenvalue weighted by Gasteiger charge is 2.23. The van der Waals surface area contributed by atoms with Crippen LogP contribution in [-0.2, 0) is 24.9 Å². The quantitative estimate of drug-likeness (QED) is 0.724. The molecule has 4 rings (SSSR count). The number of allylic oxidation sites excluding steroid dienone is 1. The summed E-state index contributed by atoms with van der Waals surface area (Å²) in [6.07, 6.45) is 5.80. The van der Waals surface area contributed by atoms with E-state index in [0.29, 0.717) is 23.5 Å². The molecule has 10 heteroatoms. The number of aromatic nitrogens is 7. The summed E-state index contributed by atoms with van der Waals surface area (Å²) in [4.78, 5) is 20.1. The van der Waals surface area contributed by atoms with Gasteiger partial charge in [0.05, 0.1) is 17.1 Å². The molecule has 0 saturated carbocycles. The lowest BCUT2D eigenvalue weighted by molar-refractivity contribution is -0.114. The van der Waals surface area contributed by atoms with E-state index < -0.39 is 0 Å². The van der Waals surface area contributed by atoms with Crippen molar-refractivity contribution in [2.45, 2.75) is 26.4 Å². The zero-order valence-corrected chi connectivity index (χ0v) is 15.0. The minimum atomic E-state index is -0.176. The van der Waals surface area contributed by atoms with Gasteiger partial charge in [-0.15, -0.1) is 0 Å². The van der Waals surface area contributed by atoms with Gasteiger partial charge in [-0.2, -0.15) is 4.98 Å². The van der Waals surface area contributed by atoms with E-state index in [9.17, 15) is 4.79 Å². The Kier molecular flexibility index (Phi) is 4.37. The molecule has 0 aromatic carbocycles. The number of tetrazole rings is 1. The van der Waals surface area contributed by atoms with Gasteiger partial charge in [-0.25, -0.2) is 14.2 Å². The van der Waals surface area contributed by atoms with Crippen molar-refractivity contribution in [1.29, 1.82) is 0 Å². The van der Waals surface area contributed by atoms with Crippen LogP contribution in [0.15, 0.2) is 24.3 Å². The fourth-order valence-corrected chi connectivity index (χ4v) is 2.90. The normalized spacial score (nSPS) is 12.7. The summed E-state index contributed by atoms with van der Waals surface area (Å²) in [5.74, 6) is 0.839. The molecule has 0 spiro atoms. The number of fused-ring (bicyclic) bond motifs is 1. The second-order valence-electron chi connectivity index (χ2n) is 6.09. The van der Waals surface area contributed by atoms with E-state index in [0.717, 1.165) is 24.2 Å². The van der Waals surface area contributed by atoms with Gasteiger partial charge in [0, 0.05) is 14.0 Å². The number of hydrogen-bond acceptors (Lipinski definition) is 7. The number of ether oxygens (including phenoxy) is 1. The van der Waals surface area contributed by atoms with E-state index in [4.69, 9.17) is 4.74 Å². The molecular weight excluding hydrogens is 348 g/mol. The van der Waals surface area contributed by atoms with Gasteiger partial charge in [-0.05, 0) is 41.5 Å². The van der Waals surface area contributed by atoms with Crippen molar-refractivity contribution in [2.24, 2.45) is 7.05 Å². The number of carbonyl (C=O) groups is 1. The summed E-state index contributed by atoms with van der Waals surface area (Å²) in [6, 6.07) is 5.75. The van der Waals surface area contributed by atoms with Gasteiger partial charge in [0.1, 0.15) is 12.4 Å². The van der Waals surface area contributed by atoms with Gasteiger partial charge in [-0.1, -0.05) is 17.2 Å². The van der Waals surface area contributed by atoms with E-state index in [1.165, 1.54) is 6.92 Å². The second kappa shape index (κ2) is 6.98. The van der Waals surface area contributed by atoms with Crippen LogP contribution in [0.3, 0.4) is 0 Å². The maximum Gasteiger partial charge on any atom is 0.304 e. The zero-order valence-electron chi connectivity index (χ0n) is 15.0. The summed E-state index contributed by atoms with van der Waals surface area (Å²) in [7, 11) is 1.77. The maximum absolute atomic E-state index is 11.2. The van der Waals surface area contributed by atoms with Crippen LogP contribution < -0.4 is 10.1 Å². The number of pyridine rings is 1. The summed E-state index contributed by atoms with van der Waals surface area (Å²) in [5, 5.41) is 14.4. The van der Waals surface area contributed by atoms with Crippen molar-refractivity contribution >= 4 is 17.8 Å². The molecule has 3 aromatic heterocycles. The summed E-state index contributed by atoms with van der Waals surface area (Å²) >= 11 is 0. The first-order valence-corrected chi connectivity index (χ1v) is 8.49. The Hall–Kier alpha value is -3.56. The Morgan fingerprint density at radius 2 is 2.22 bits per heavy atom. The van der Waals surface area contributed by atoms with Crippen molar-refractivity contribution in [2.75, 3.05) is 5.32 Å². The lowest BCUT2D eigenvalue weighted by Gasteiger charge is -2.11. The van der Waals surface area contributed by atoms with Crippen LogP contribution in [0.5, 0.6) is 6.01 Å². The van der Waals surface area contributed by atoms with Gasteiger partial charge in [0.2, 0.25) is 5.91 Å². The fraction of sp³-hybridized carbons (Fsp3) is 0.294. The first kappa shape index (κ1) is 16.9. The van der Waals surface area contributed by atoms with Gasteiger partial charge < -0.3 is 10.1 Å². The summed E-state index contributed by atoms with van der Waals surface area (Å²) < 4.78 is 9.35. The molecule has 0 unspecified atom stereocenters. The molecule has 10 nitrogen and oxygen atoms in total. The molecule has 0 atom stereocenters. The number of imidazole rings is 1. The number of hydrogen-bond donors (Lipinski definition) is 1. The van der Waals surface area contributed by atoms with E-state index in [1.807, 2.05) is 22.8 Å². The van der Waals surface area contributed by atoms with Crippen LogP contribution in [-0.4, -0.2) is 40.6 Å². The molecule has 0 fully saturated rings. The van der Waals surface area contributed by atoms with Crippen molar-refractivity contribution in [3.05, 3.63) is 41.4 Å². The Morgan fingerprint density at radius 1 is 1.33 bits per heavy atom. The molecule has 1 aliphatic rings. The van der Waals surface area contributed by atoms with E-state index in [2.05, 4.69) is 36.9 Å². The van der Waals surface area contributed by atoms with Gasteiger partial charge in [-0.3, -0.25) is 4.79 Å². The fourth-order valence-electron chi connectivity index (χ4n) is 2.90. The van der Waals surface area contributed by atoms with Crippen LogP contribution in [0.1, 0.15) is 30.4 Å². The maximum atomic E-state index is 11.2. The number of aryl methyl sites for hydroxylation is 1. The number of anilines is 1. The molecule has 0 aliphatic heterocycles. The average Bonchev–Trinajstić information content (AvgIpc) is 3.22. The van der Waals surface area contributed by atoms with Crippen molar-refractivity contribution in [3.8, 4) is 12.0 Å². The van der Waals surface area contributed by atoms with Gasteiger partial charge in [0.25, 0.3) is 5.95 Å². The predicted molar refractivity (Wildman–Crippen MR) is 96.1 cm³/mol. The minimum Gasteiger partial charge on any atom is -0.458 e. The van der Waals surface area contributed by atoms with Crippen molar-refractivity contribution < 1.29 is 9.53 Å². The molecule has 1 aliphatic carbocycles. The second-order valence-corrected chi connectivity index (χ2v) is 6.09. The lowest BCUT2D eigenvalue weighted by Crippen LogP contribution is -2.12. The minimum absolute atomic E-state index is 0.176. The van der Waals surface area contributed by atoms with Crippen molar-refractivity contribution in [1.82, 2.24) is 34.7 Å². The smallest absolute Gasteiger partial charge is 0.304 e. The predicted octanol–water partition coefficient (Wildman–Crippen LogP) is 1.29. The number of amides is 1. The van der Waals surface area contributed by atoms with E-state index in [1.54, 1.807) is 17.8 Å². The standard InChI is InChI=1S/C17H18N8O2/c1-11(26)18-15-9-5-6-12(19-15)10-27-17-20-13-7-3-4-8-14(13)25(17)16-21-22-23-24(16)2/h3,5-7,9H,4,8,10H2,1-2H3,(H,18,19,26). The highest BCUT2D eigenvalue weighted by Crippen LogP contribution is 2.27.